The monoisotopic (exact) mass is 338 g/mol. The van der Waals surface area contributed by atoms with E-state index in [4.69, 9.17) is 0 Å². The first-order valence-electron chi connectivity index (χ1n) is 7.76. The average Bonchev–Trinajstić information content (AvgIpc) is 2.54. The number of carbonyl (C=O) groups is 1. The summed E-state index contributed by atoms with van der Waals surface area (Å²) in [4.78, 5) is 16.5. The summed E-state index contributed by atoms with van der Waals surface area (Å²) in [6.07, 6.45) is 0. The summed E-state index contributed by atoms with van der Waals surface area (Å²) in [5.41, 5.74) is 3.16. The molecule has 0 fully saturated rings. The number of amides is 1. The van der Waals surface area contributed by atoms with Gasteiger partial charge in [-0.15, -0.1) is 0 Å². The lowest BCUT2D eigenvalue weighted by molar-refractivity contribution is 0.101. The molecule has 5 heteroatoms. The van der Waals surface area contributed by atoms with Gasteiger partial charge in [0.1, 0.15) is 23.0 Å². The third-order valence-corrected chi connectivity index (χ3v) is 3.85. The van der Waals surface area contributed by atoms with E-state index in [1.54, 1.807) is 6.07 Å². The summed E-state index contributed by atoms with van der Waals surface area (Å²) in [5, 5.41) is 2.44. The zero-order valence-electron chi connectivity index (χ0n) is 13.8. The van der Waals surface area contributed by atoms with Crippen LogP contribution in [0.2, 0.25) is 0 Å². The highest BCUT2D eigenvalue weighted by Crippen LogP contribution is 2.25. The van der Waals surface area contributed by atoms with Gasteiger partial charge in [-0.25, -0.2) is 13.8 Å². The average molecular weight is 338 g/mol. The molecule has 3 nitrogen and oxygen atoms in total. The van der Waals surface area contributed by atoms with Crippen molar-refractivity contribution >= 4 is 11.7 Å². The minimum atomic E-state index is -0.911. The second-order valence-corrected chi connectivity index (χ2v) is 5.75. The van der Waals surface area contributed by atoms with Crippen LogP contribution in [0.15, 0.2) is 54.6 Å². The summed E-state index contributed by atoms with van der Waals surface area (Å²) in [6, 6.07) is 14.7. The molecule has 1 N–H and O–H groups in total. The summed E-state index contributed by atoms with van der Waals surface area (Å²) in [7, 11) is 0. The number of carbonyl (C=O) groups excluding carboxylic acids is 1. The summed E-state index contributed by atoms with van der Waals surface area (Å²) >= 11 is 0. The van der Waals surface area contributed by atoms with Crippen LogP contribution in [0.4, 0.5) is 14.6 Å². The fourth-order valence-corrected chi connectivity index (χ4v) is 2.64. The fourth-order valence-electron chi connectivity index (χ4n) is 2.64. The number of nitrogens with zero attached hydrogens (tertiary/aromatic N) is 1. The Bertz CT molecular complexity index is 934. The largest absolute Gasteiger partial charge is 0.306 e. The van der Waals surface area contributed by atoms with Gasteiger partial charge in [0.05, 0.1) is 0 Å². The molecule has 1 amide bonds. The highest BCUT2D eigenvalue weighted by molar-refractivity contribution is 6.04. The maximum Gasteiger partial charge on any atom is 0.262 e. The van der Waals surface area contributed by atoms with Gasteiger partial charge < -0.3 is 5.32 Å². The molecule has 0 aliphatic heterocycles. The van der Waals surface area contributed by atoms with E-state index in [0.29, 0.717) is 5.69 Å². The van der Waals surface area contributed by atoms with E-state index in [9.17, 15) is 13.6 Å². The summed E-state index contributed by atoms with van der Waals surface area (Å²) in [5.74, 6) is -2.46. The van der Waals surface area contributed by atoms with Crippen LogP contribution >= 0.6 is 0 Å². The van der Waals surface area contributed by atoms with Crippen LogP contribution in [0.25, 0.3) is 11.1 Å². The molecule has 0 saturated heterocycles. The lowest BCUT2D eigenvalue weighted by Gasteiger charge is -2.10. The molecular weight excluding hydrogens is 322 g/mol. The van der Waals surface area contributed by atoms with Crippen molar-refractivity contribution in [3.63, 3.8) is 0 Å². The molecule has 2 aromatic carbocycles. The summed E-state index contributed by atoms with van der Waals surface area (Å²) < 4.78 is 27.4. The molecule has 3 aromatic rings. The van der Waals surface area contributed by atoms with Gasteiger partial charge in [0.15, 0.2) is 0 Å². The van der Waals surface area contributed by atoms with Crippen molar-refractivity contribution in [2.75, 3.05) is 5.32 Å². The van der Waals surface area contributed by atoms with Crippen LogP contribution in [0.3, 0.4) is 0 Å². The standard InChI is InChI=1S/C20H16F2N2O/c1-12-5-3-6-14(11-12)15-9-10-18(23-13(15)2)24-20(25)19-16(21)7-4-8-17(19)22/h3-11H,1-2H3,(H,23,24,25). The zero-order chi connectivity index (χ0) is 18.0. The number of aromatic nitrogens is 1. The molecule has 1 aromatic heterocycles. The van der Waals surface area contributed by atoms with Gasteiger partial charge in [0.2, 0.25) is 0 Å². The van der Waals surface area contributed by atoms with Crippen LogP contribution in [-0.2, 0) is 0 Å². The van der Waals surface area contributed by atoms with Crippen LogP contribution in [0, 0.1) is 25.5 Å². The molecule has 0 unspecified atom stereocenters. The number of halogens is 2. The van der Waals surface area contributed by atoms with Gasteiger partial charge in [-0.1, -0.05) is 35.9 Å². The topological polar surface area (TPSA) is 42.0 Å². The molecule has 0 aliphatic rings. The van der Waals surface area contributed by atoms with Crippen molar-refractivity contribution < 1.29 is 13.6 Å². The molecule has 0 bridgehead atoms. The van der Waals surface area contributed by atoms with E-state index in [-0.39, 0.29) is 5.82 Å². The Morgan fingerprint density at radius 2 is 1.64 bits per heavy atom. The Balaban J connectivity index is 1.88. The van der Waals surface area contributed by atoms with Crippen molar-refractivity contribution in [2.24, 2.45) is 0 Å². The molecule has 25 heavy (non-hydrogen) atoms. The Kier molecular flexibility index (Phi) is 4.57. The van der Waals surface area contributed by atoms with Crippen LogP contribution in [0.5, 0.6) is 0 Å². The third-order valence-electron chi connectivity index (χ3n) is 3.85. The Morgan fingerprint density at radius 3 is 2.28 bits per heavy atom. The normalized spacial score (nSPS) is 10.6. The molecule has 0 atom stereocenters. The van der Waals surface area contributed by atoms with Gasteiger partial charge in [0.25, 0.3) is 5.91 Å². The number of hydrogen-bond acceptors (Lipinski definition) is 2. The van der Waals surface area contributed by atoms with Crippen LogP contribution < -0.4 is 5.32 Å². The molecule has 0 saturated carbocycles. The quantitative estimate of drug-likeness (QED) is 0.738. The van der Waals surface area contributed by atoms with Crippen molar-refractivity contribution in [2.45, 2.75) is 13.8 Å². The predicted octanol–water partition coefficient (Wildman–Crippen LogP) is 4.90. The van der Waals surface area contributed by atoms with E-state index >= 15 is 0 Å². The first kappa shape index (κ1) is 16.8. The van der Waals surface area contributed by atoms with Crippen LogP contribution in [-0.4, -0.2) is 10.9 Å². The lowest BCUT2D eigenvalue weighted by atomic mass is 10.0. The number of anilines is 1. The Morgan fingerprint density at radius 1 is 0.960 bits per heavy atom. The number of aryl methyl sites for hydroxylation is 2. The molecule has 3 rings (SSSR count). The molecule has 0 aliphatic carbocycles. The Labute approximate surface area is 144 Å². The minimum Gasteiger partial charge on any atom is -0.306 e. The highest BCUT2D eigenvalue weighted by atomic mass is 19.1. The summed E-state index contributed by atoms with van der Waals surface area (Å²) in [6.45, 7) is 3.82. The number of rotatable bonds is 3. The van der Waals surface area contributed by atoms with Crippen molar-refractivity contribution in [3.8, 4) is 11.1 Å². The van der Waals surface area contributed by atoms with Gasteiger partial charge >= 0.3 is 0 Å². The first-order chi connectivity index (χ1) is 12.0. The minimum absolute atomic E-state index is 0.238. The number of hydrogen-bond donors (Lipinski definition) is 1. The molecular formula is C20H16F2N2O. The fraction of sp³-hybridized carbons (Fsp3) is 0.100. The zero-order valence-corrected chi connectivity index (χ0v) is 13.8. The number of nitrogens with one attached hydrogen (secondary N) is 1. The van der Waals surface area contributed by atoms with E-state index in [1.165, 1.54) is 6.07 Å². The van der Waals surface area contributed by atoms with Crippen LogP contribution in [0.1, 0.15) is 21.6 Å². The van der Waals surface area contributed by atoms with Gasteiger partial charge in [0, 0.05) is 11.3 Å². The predicted molar refractivity (Wildman–Crippen MR) is 93.5 cm³/mol. The maximum atomic E-state index is 13.7. The van der Waals surface area contributed by atoms with Crippen molar-refractivity contribution in [1.29, 1.82) is 0 Å². The van der Waals surface area contributed by atoms with E-state index in [1.807, 2.05) is 44.2 Å². The molecule has 0 radical (unpaired) electrons. The maximum absolute atomic E-state index is 13.7. The van der Waals surface area contributed by atoms with Crippen molar-refractivity contribution in [1.82, 2.24) is 4.98 Å². The first-order valence-corrected chi connectivity index (χ1v) is 7.76. The SMILES string of the molecule is Cc1cccc(-c2ccc(NC(=O)c3c(F)cccc3F)nc2C)c1. The van der Waals surface area contributed by atoms with Crippen molar-refractivity contribution in [3.05, 3.63) is 83.1 Å². The number of benzene rings is 2. The molecule has 0 spiro atoms. The van der Waals surface area contributed by atoms with E-state index in [2.05, 4.69) is 10.3 Å². The highest BCUT2D eigenvalue weighted by Gasteiger charge is 2.17. The second-order valence-electron chi connectivity index (χ2n) is 5.75. The Hall–Kier alpha value is -3.08. The third kappa shape index (κ3) is 3.55. The molecule has 1 heterocycles. The lowest BCUT2D eigenvalue weighted by Crippen LogP contribution is -2.16. The second kappa shape index (κ2) is 6.81. The van der Waals surface area contributed by atoms with Gasteiger partial charge in [-0.05, 0) is 43.7 Å². The smallest absolute Gasteiger partial charge is 0.262 e. The molecule has 126 valence electrons. The van der Waals surface area contributed by atoms with Gasteiger partial charge in [-0.2, -0.15) is 0 Å². The number of pyridine rings is 1. The van der Waals surface area contributed by atoms with E-state index in [0.717, 1.165) is 28.8 Å². The van der Waals surface area contributed by atoms with E-state index < -0.39 is 23.1 Å². The van der Waals surface area contributed by atoms with Gasteiger partial charge in [-0.3, -0.25) is 4.79 Å².